The number of aromatic nitrogens is 3. The third-order valence-electron chi connectivity index (χ3n) is 5.55. The van der Waals surface area contributed by atoms with Crippen molar-refractivity contribution in [3.63, 3.8) is 0 Å². The lowest BCUT2D eigenvalue weighted by Gasteiger charge is -2.35. The van der Waals surface area contributed by atoms with Gasteiger partial charge < -0.3 is 15.0 Å². The van der Waals surface area contributed by atoms with Crippen molar-refractivity contribution in [3.05, 3.63) is 82.0 Å². The van der Waals surface area contributed by atoms with Crippen molar-refractivity contribution in [2.45, 2.75) is 26.8 Å². The molecule has 34 heavy (non-hydrogen) atoms. The van der Waals surface area contributed by atoms with Gasteiger partial charge in [-0.15, -0.1) is 0 Å². The molecule has 1 aliphatic heterocycles. The molecule has 0 aliphatic carbocycles. The maximum absolute atomic E-state index is 13.6. The summed E-state index contributed by atoms with van der Waals surface area (Å²) < 4.78 is 20.4. The summed E-state index contributed by atoms with van der Waals surface area (Å²) >= 11 is 6.17. The number of aryl methyl sites for hydroxylation is 1. The molecule has 1 amide bonds. The number of nitrogens with zero attached hydrogens (tertiary/aromatic N) is 4. The van der Waals surface area contributed by atoms with Crippen molar-refractivity contribution in [2.75, 3.05) is 23.4 Å². The number of ether oxygens (including phenoxy) is 1. The lowest BCUT2D eigenvalue weighted by Crippen LogP contribution is -2.40. The minimum atomic E-state index is -0.688. The first kappa shape index (κ1) is 23.4. The van der Waals surface area contributed by atoms with Gasteiger partial charge in [-0.05, 0) is 56.2 Å². The largest absolute Gasteiger partial charge is 0.463 e. The summed E-state index contributed by atoms with van der Waals surface area (Å²) in [5, 5.41) is 7.66. The Balaban J connectivity index is 1.71. The van der Waals surface area contributed by atoms with E-state index >= 15 is 0 Å². The number of carbonyl (C=O) groups is 2. The molecule has 0 saturated heterocycles. The highest BCUT2D eigenvalue weighted by Crippen LogP contribution is 2.38. The van der Waals surface area contributed by atoms with E-state index in [0.29, 0.717) is 27.9 Å². The normalized spacial score (nSPS) is 15.2. The van der Waals surface area contributed by atoms with Crippen LogP contribution in [-0.2, 0) is 14.3 Å². The maximum atomic E-state index is 13.6. The Kier molecular flexibility index (Phi) is 6.65. The van der Waals surface area contributed by atoms with E-state index in [9.17, 15) is 14.0 Å². The summed E-state index contributed by atoms with van der Waals surface area (Å²) in [6, 6.07) is 10.4. The van der Waals surface area contributed by atoms with Gasteiger partial charge in [-0.25, -0.2) is 13.9 Å². The summed E-state index contributed by atoms with van der Waals surface area (Å²) in [7, 11) is 0. The van der Waals surface area contributed by atoms with E-state index in [1.807, 2.05) is 13.0 Å². The number of hydrogen-bond donors (Lipinski definition) is 1. The lowest BCUT2D eigenvalue weighted by molar-refractivity contribution is -0.139. The number of benzene rings is 2. The van der Waals surface area contributed by atoms with Crippen molar-refractivity contribution in [1.29, 1.82) is 0 Å². The van der Waals surface area contributed by atoms with E-state index in [1.165, 1.54) is 23.1 Å². The molecule has 8 nitrogen and oxygen atoms in total. The fourth-order valence-electron chi connectivity index (χ4n) is 3.86. The number of amides is 1. The van der Waals surface area contributed by atoms with Crippen LogP contribution < -0.4 is 10.2 Å². The van der Waals surface area contributed by atoms with Gasteiger partial charge in [0.2, 0.25) is 11.9 Å². The van der Waals surface area contributed by atoms with E-state index in [-0.39, 0.29) is 24.6 Å². The third-order valence-corrected chi connectivity index (χ3v) is 5.95. The molecule has 0 saturated carbocycles. The summed E-state index contributed by atoms with van der Waals surface area (Å²) in [5.74, 6) is -0.910. The molecule has 1 N–H and O–H groups in total. The van der Waals surface area contributed by atoms with E-state index in [2.05, 4.69) is 15.4 Å². The first-order chi connectivity index (χ1) is 16.3. The molecule has 0 spiro atoms. The molecule has 176 valence electrons. The second-order valence-electron chi connectivity index (χ2n) is 7.78. The van der Waals surface area contributed by atoms with Crippen LogP contribution in [0.15, 0.2) is 60.1 Å². The summed E-state index contributed by atoms with van der Waals surface area (Å²) in [5.41, 5.74) is 2.86. The van der Waals surface area contributed by atoms with Gasteiger partial charge in [0, 0.05) is 16.4 Å². The average Bonchev–Trinajstić information content (AvgIpc) is 3.28. The van der Waals surface area contributed by atoms with Crippen LogP contribution in [0.4, 0.5) is 16.0 Å². The van der Waals surface area contributed by atoms with Gasteiger partial charge in [0.25, 0.3) is 0 Å². The van der Waals surface area contributed by atoms with Crippen molar-refractivity contribution < 1.29 is 18.7 Å². The second kappa shape index (κ2) is 9.64. The summed E-state index contributed by atoms with van der Waals surface area (Å²) in [6.45, 7) is 5.34. The molecule has 0 bridgehead atoms. The lowest BCUT2D eigenvalue weighted by atomic mass is 9.95. The fraction of sp³-hybridized carbons (Fsp3) is 0.250. The number of hydrogen-bond acceptors (Lipinski definition) is 6. The zero-order valence-electron chi connectivity index (χ0n) is 18.9. The van der Waals surface area contributed by atoms with Gasteiger partial charge in [-0.1, -0.05) is 29.8 Å². The molecule has 10 heteroatoms. The van der Waals surface area contributed by atoms with Gasteiger partial charge in [0.15, 0.2) is 0 Å². The molecule has 3 aromatic rings. The molecular weight excluding hydrogens is 461 g/mol. The number of fused-ring (bicyclic) bond motifs is 1. The Labute approximate surface area is 201 Å². The van der Waals surface area contributed by atoms with Crippen molar-refractivity contribution in [1.82, 2.24) is 14.8 Å². The van der Waals surface area contributed by atoms with Crippen LogP contribution in [-0.4, -0.2) is 39.8 Å². The quantitative estimate of drug-likeness (QED) is 0.527. The molecule has 2 heterocycles. The first-order valence-corrected chi connectivity index (χ1v) is 11.0. The maximum Gasteiger partial charge on any atom is 0.338 e. The number of esters is 1. The SMILES string of the molecule is CCOC(=O)C1=C(C)N(CC(=O)Nc2ccc(C)c(Cl)c2)c2ncnn2[C@H]1c1ccc(F)cc1. The minimum Gasteiger partial charge on any atom is -0.463 e. The van der Waals surface area contributed by atoms with Crippen LogP contribution in [0.25, 0.3) is 0 Å². The van der Waals surface area contributed by atoms with E-state index in [0.717, 1.165) is 5.56 Å². The summed E-state index contributed by atoms with van der Waals surface area (Å²) in [4.78, 5) is 31.9. The zero-order valence-corrected chi connectivity index (χ0v) is 19.6. The van der Waals surface area contributed by atoms with Crippen LogP contribution >= 0.6 is 11.6 Å². The van der Waals surface area contributed by atoms with E-state index < -0.39 is 17.8 Å². The van der Waals surface area contributed by atoms with E-state index in [4.69, 9.17) is 16.3 Å². The number of anilines is 2. The highest BCUT2D eigenvalue weighted by Gasteiger charge is 2.38. The topological polar surface area (TPSA) is 89.3 Å². The standard InChI is InChI=1S/C24H23ClFN5O3/c1-4-34-23(33)21-15(3)30(12-20(32)29-18-10-5-14(2)19(25)11-18)24-27-13-28-31(24)22(21)16-6-8-17(26)9-7-16/h5-11,13,22H,4,12H2,1-3H3,(H,29,32)/t22-/m0/s1. The Morgan fingerprint density at radius 1 is 1.18 bits per heavy atom. The van der Waals surface area contributed by atoms with Crippen LogP contribution in [0.5, 0.6) is 0 Å². The molecule has 4 rings (SSSR count). The molecule has 0 radical (unpaired) electrons. The number of halogens is 2. The molecule has 1 atom stereocenters. The molecular formula is C24H23ClFN5O3. The zero-order chi connectivity index (χ0) is 24.4. The third kappa shape index (κ3) is 4.51. The van der Waals surface area contributed by atoms with Crippen molar-refractivity contribution >= 4 is 35.1 Å². The Bertz CT molecular complexity index is 1270. The fourth-order valence-corrected chi connectivity index (χ4v) is 4.04. The van der Waals surface area contributed by atoms with Crippen LogP contribution in [0.1, 0.15) is 31.0 Å². The van der Waals surface area contributed by atoms with Gasteiger partial charge in [-0.2, -0.15) is 10.1 Å². The molecule has 2 aromatic carbocycles. The van der Waals surface area contributed by atoms with E-state index in [1.54, 1.807) is 43.0 Å². The van der Waals surface area contributed by atoms with Gasteiger partial charge in [0.1, 0.15) is 24.7 Å². The van der Waals surface area contributed by atoms with Gasteiger partial charge in [0.05, 0.1) is 12.2 Å². The van der Waals surface area contributed by atoms with Crippen LogP contribution in [0.3, 0.4) is 0 Å². The Morgan fingerprint density at radius 2 is 1.91 bits per heavy atom. The number of carbonyl (C=O) groups excluding carboxylic acids is 2. The highest BCUT2D eigenvalue weighted by atomic mass is 35.5. The monoisotopic (exact) mass is 483 g/mol. The average molecular weight is 484 g/mol. The predicted octanol–water partition coefficient (Wildman–Crippen LogP) is 4.26. The predicted molar refractivity (Wildman–Crippen MR) is 126 cm³/mol. The number of allylic oxidation sites excluding steroid dienone is 1. The molecule has 0 fully saturated rings. The molecule has 1 aliphatic rings. The number of nitrogens with one attached hydrogen (secondary N) is 1. The first-order valence-electron chi connectivity index (χ1n) is 10.7. The summed E-state index contributed by atoms with van der Waals surface area (Å²) in [6.07, 6.45) is 1.35. The minimum absolute atomic E-state index is 0.130. The second-order valence-corrected chi connectivity index (χ2v) is 8.18. The molecule has 1 aromatic heterocycles. The van der Waals surface area contributed by atoms with Gasteiger partial charge >= 0.3 is 5.97 Å². The van der Waals surface area contributed by atoms with Gasteiger partial charge in [-0.3, -0.25) is 4.79 Å². The Morgan fingerprint density at radius 3 is 2.59 bits per heavy atom. The number of rotatable bonds is 6. The van der Waals surface area contributed by atoms with Crippen molar-refractivity contribution in [2.24, 2.45) is 0 Å². The van der Waals surface area contributed by atoms with Crippen LogP contribution in [0.2, 0.25) is 5.02 Å². The Hall–Kier alpha value is -3.72. The highest BCUT2D eigenvalue weighted by molar-refractivity contribution is 6.31. The molecule has 0 unspecified atom stereocenters. The smallest absolute Gasteiger partial charge is 0.338 e. The van der Waals surface area contributed by atoms with Crippen molar-refractivity contribution in [3.8, 4) is 0 Å². The van der Waals surface area contributed by atoms with Crippen LogP contribution in [0, 0.1) is 12.7 Å².